The third-order valence-electron chi connectivity index (χ3n) is 8.41. The number of carboxylic acids is 1. The standard InChI is InChI=1S/C28H26F5NO8/c1-26(12-38-21-11-23-22(9-17(21)26)41-28(32,33)42-23)25(37)34-18-10-19(13-2-4-14(5-3-13)24(35)36)39-20-8-15(6-7-16(18)20)40-27(29,30)31/h6-9,11,13-14,18-19H,2-5,10,12H2,1H3,(H,34,37)(H,35,36)/t13-,14-,18-,19-,26-/m0/s1. The van der Waals surface area contributed by atoms with Crippen molar-refractivity contribution in [3.05, 3.63) is 41.5 Å². The van der Waals surface area contributed by atoms with Gasteiger partial charge in [0.1, 0.15) is 35.4 Å². The number of amides is 1. The highest BCUT2D eigenvalue weighted by Gasteiger charge is 2.50. The zero-order chi connectivity index (χ0) is 30.0. The molecule has 2 aromatic rings. The number of rotatable bonds is 5. The molecule has 0 bridgehead atoms. The lowest BCUT2D eigenvalue weighted by Gasteiger charge is -2.39. The Morgan fingerprint density at radius 2 is 1.69 bits per heavy atom. The summed E-state index contributed by atoms with van der Waals surface area (Å²) in [7, 11) is 0. The molecule has 6 rings (SSSR count). The van der Waals surface area contributed by atoms with Gasteiger partial charge in [0.25, 0.3) is 0 Å². The number of carboxylic acid groups (broad SMARTS) is 1. The molecule has 2 N–H and O–H groups in total. The molecule has 0 aromatic heterocycles. The lowest BCUT2D eigenvalue weighted by molar-refractivity contribution is -0.286. The third kappa shape index (κ3) is 5.22. The second-order valence-corrected chi connectivity index (χ2v) is 11.2. The van der Waals surface area contributed by atoms with Crippen LogP contribution in [0.2, 0.25) is 0 Å². The van der Waals surface area contributed by atoms with E-state index in [1.54, 1.807) is 6.92 Å². The Morgan fingerprint density at radius 1 is 1.00 bits per heavy atom. The molecule has 1 saturated carbocycles. The molecule has 226 valence electrons. The molecule has 4 aliphatic rings. The number of carbonyl (C=O) groups is 2. The van der Waals surface area contributed by atoms with Crippen LogP contribution < -0.4 is 29.0 Å². The zero-order valence-corrected chi connectivity index (χ0v) is 22.1. The van der Waals surface area contributed by atoms with E-state index in [1.165, 1.54) is 18.2 Å². The lowest BCUT2D eigenvalue weighted by Crippen LogP contribution is -2.47. The molecule has 2 aromatic carbocycles. The van der Waals surface area contributed by atoms with Crippen molar-refractivity contribution in [3.8, 4) is 28.7 Å². The van der Waals surface area contributed by atoms with Crippen LogP contribution in [0.3, 0.4) is 0 Å². The zero-order valence-electron chi connectivity index (χ0n) is 22.1. The topological polar surface area (TPSA) is 113 Å². The van der Waals surface area contributed by atoms with Crippen LogP contribution in [0, 0.1) is 11.8 Å². The van der Waals surface area contributed by atoms with Gasteiger partial charge in [-0.05, 0) is 56.7 Å². The van der Waals surface area contributed by atoms with Crippen molar-refractivity contribution in [2.45, 2.75) is 69.2 Å². The normalized spacial score (nSPS) is 29.0. The number of aliphatic carboxylic acids is 1. The molecule has 1 aliphatic carbocycles. The van der Waals surface area contributed by atoms with Gasteiger partial charge in [0, 0.05) is 29.7 Å². The van der Waals surface area contributed by atoms with E-state index in [0.29, 0.717) is 36.8 Å². The first-order chi connectivity index (χ1) is 19.7. The summed E-state index contributed by atoms with van der Waals surface area (Å²) < 4.78 is 90.9. The van der Waals surface area contributed by atoms with Crippen LogP contribution in [0.15, 0.2) is 30.3 Å². The summed E-state index contributed by atoms with van der Waals surface area (Å²) in [5.41, 5.74) is -0.579. The summed E-state index contributed by atoms with van der Waals surface area (Å²) in [4.78, 5) is 25.2. The number of carbonyl (C=O) groups excluding carboxylic acids is 1. The number of hydrogen-bond acceptors (Lipinski definition) is 7. The van der Waals surface area contributed by atoms with Gasteiger partial charge in [0.05, 0.1) is 12.0 Å². The van der Waals surface area contributed by atoms with Crippen LogP contribution in [-0.4, -0.2) is 42.4 Å². The van der Waals surface area contributed by atoms with E-state index < -0.39 is 53.8 Å². The number of alkyl halides is 5. The molecule has 14 heteroatoms. The van der Waals surface area contributed by atoms with Crippen LogP contribution in [-0.2, 0) is 15.0 Å². The van der Waals surface area contributed by atoms with Gasteiger partial charge in [-0.15, -0.1) is 22.0 Å². The Labute approximate surface area is 235 Å². The number of ether oxygens (including phenoxy) is 5. The van der Waals surface area contributed by atoms with Gasteiger partial charge in [-0.25, -0.2) is 0 Å². The highest BCUT2D eigenvalue weighted by molar-refractivity contribution is 5.90. The molecule has 42 heavy (non-hydrogen) atoms. The van der Waals surface area contributed by atoms with E-state index in [0.717, 1.165) is 12.1 Å². The van der Waals surface area contributed by atoms with Crippen molar-refractivity contribution < 1.29 is 60.3 Å². The Bertz CT molecular complexity index is 1420. The average Bonchev–Trinajstić information content (AvgIpc) is 3.40. The molecule has 0 spiro atoms. The summed E-state index contributed by atoms with van der Waals surface area (Å²) in [6, 6.07) is 5.46. The summed E-state index contributed by atoms with van der Waals surface area (Å²) >= 11 is 0. The van der Waals surface area contributed by atoms with Crippen molar-refractivity contribution in [3.63, 3.8) is 0 Å². The van der Waals surface area contributed by atoms with Gasteiger partial charge in [-0.3, -0.25) is 9.59 Å². The predicted octanol–water partition coefficient (Wildman–Crippen LogP) is 5.46. The number of hydrogen-bond donors (Lipinski definition) is 2. The van der Waals surface area contributed by atoms with E-state index >= 15 is 0 Å². The van der Waals surface area contributed by atoms with Gasteiger partial charge < -0.3 is 34.1 Å². The first kappa shape index (κ1) is 28.2. The fourth-order valence-corrected chi connectivity index (χ4v) is 6.17. The second-order valence-electron chi connectivity index (χ2n) is 11.2. The number of halogens is 5. The average molecular weight is 600 g/mol. The van der Waals surface area contributed by atoms with Gasteiger partial charge in [0.2, 0.25) is 5.91 Å². The van der Waals surface area contributed by atoms with Gasteiger partial charge in [0.15, 0.2) is 11.5 Å². The quantitative estimate of drug-likeness (QED) is 0.436. The minimum absolute atomic E-state index is 0.0899. The van der Waals surface area contributed by atoms with Crippen molar-refractivity contribution in [1.82, 2.24) is 5.32 Å². The van der Waals surface area contributed by atoms with Crippen molar-refractivity contribution in [2.75, 3.05) is 6.61 Å². The maximum atomic E-state index is 13.8. The summed E-state index contributed by atoms with van der Waals surface area (Å²) in [6.07, 6.45) is -7.08. The fourth-order valence-electron chi connectivity index (χ4n) is 6.17. The summed E-state index contributed by atoms with van der Waals surface area (Å²) in [5, 5.41) is 12.3. The van der Waals surface area contributed by atoms with E-state index in [9.17, 15) is 36.6 Å². The van der Waals surface area contributed by atoms with E-state index in [4.69, 9.17) is 9.47 Å². The minimum Gasteiger partial charge on any atom is -0.492 e. The van der Waals surface area contributed by atoms with Gasteiger partial charge >= 0.3 is 18.6 Å². The first-order valence-electron chi connectivity index (χ1n) is 13.4. The summed E-state index contributed by atoms with van der Waals surface area (Å²) in [6.45, 7) is 1.48. The van der Waals surface area contributed by atoms with E-state index in [1.807, 2.05) is 0 Å². The highest BCUT2D eigenvalue weighted by atomic mass is 19.4. The highest BCUT2D eigenvalue weighted by Crippen LogP contribution is 2.50. The van der Waals surface area contributed by atoms with E-state index in [-0.39, 0.29) is 41.9 Å². The molecular weight excluding hydrogens is 573 g/mol. The maximum Gasteiger partial charge on any atom is 0.586 e. The Morgan fingerprint density at radius 3 is 2.36 bits per heavy atom. The third-order valence-corrected chi connectivity index (χ3v) is 8.41. The monoisotopic (exact) mass is 599 g/mol. The smallest absolute Gasteiger partial charge is 0.492 e. The Kier molecular flexibility index (Phi) is 6.57. The molecule has 3 atom stereocenters. The number of fused-ring (bicyclic) bond motifs is 3. The molecular formula is C28H26F5NO8. The number of benzene rings is 2. The molecule has 0 unspecified atom stereocenters. The fraction of sp³-hybridized carbons (Fsp3) is 0.500. The predicted molar refractivity (Wildman–Crippen MR) is 132 cm³/mol. The summed E-state index contributed by atoms with van der Waals surface area (Å²) in [5.74, 6) is -2.60. The molecule has 9 nitrogen and oxygen atoms in total. The molecule has 1 fully saturated rings. The van der Waals surface area contributed by atoms with Crippen LogP contribution in [0.4, 0.5) is 22.0 Å². The largest absolute Gasteiger partial charge is 0.586 e. The van der Waals surface area contributed by atoms with Gasteiger partial charge in [-0.1, -0.05) is 0 Å². The SMILES string of the molecule is C[C@]1(C(=O)N[C@H]2C[C@@H]([C@H]3CC[C@H](C(=O)O)CC3)Oc3cc(OC(F)(F)F)ccc32)COc2cc3c(cc21)OC(F)(F)O3. The lowest BCUT2D eigenvalue weighted by atomic mass is 9.76. The molecule has 0 saturated heterocycles. The number of nitrogens with one attached hydrogen (secondary N) is 1. The molecule has 3 aliphatic heterocycles. The molecule has 1 amide bonds. The Hall–Kier alpha value is -3.97. The maximum absolute atomic E-state index is 13.8. The van der Waals surface area contributed by atoms with Crippen molar-refractivity contribution in [2.24, 2.45) is 11.8 Å². The van der Waals surface area contributed by atoms with Gasteiger partial charge in [-0.2, -0.15) is 0 Å². The van der Waals surface area contributed by atoms with Crippen molar-refractivity contribution >= 4 is 11.9 Å². The minimum atomic E-state index is -4.92. The van der Waals surface area contributed by atoms with Crippen molar-refractivity contribution in [1.29, 1.82) is 0 Å². The second kappa shape index (κ2) is 9.80. The molecule has 0 radical (unpaired) electrons. The molecule has 3 heterocycles. The Balaban J connectivity index is 1.27. The van der Waals surface area contributed by atoms with Crippen LogP contribution >= 0.6 is 0 Å². The first-order valence-corrected chi connectivity index (χ1v) is 13.4. The van der Waals surface area contributed by atoms with Crippen LogP contribution in [0.25, 0.3) is 0 Å². The van der Waals surface area contributed by atoms with E-state index in [2.05, 4.69) is 19.5 Å². The van der Waals surface area contributed by atoms with Crippen LogP contribution in [0.5, 0.6) is 28.7 Å². The van der Waals surface area contributed by atoms with Crippen LogP contribution in [0.1, 0.15) is 56.2 Å².